The predicted octanol–water partition coefficient (Wildman–Crippen LogP) is 3.46. The first-order valence-corrected chi connectivity index (χ1v) is 8.38. The maximum absolute atomic E-state index is 9.92. The Morgan fingerprint density at radius 1 is 1.00 bits per heavy atom. The lowest BCUT2D eigenvalue weighted by Crippen LogP contribution is -2.12. The Morgan fingerprint density at radius 3 is 2.60 bits per heavy atom. The fourth-order valence-corrected chi connectivity index (χ4v) is 2.93. The zero-order valence-electron chi connectivity index (χ0n) is 14.3. The van der Waals surface area contributed by atoms with E-state index in [9.17, 15) is 5.11 Å². The topological polar surface area (TPSA) is 64.7 Å². The molecular weight excluding hydrogens is 314 g/mol. The van der Waals surface area contributed by atoms with Crippen LogP contribution in [-0.4, -0.2) is 25.4 Å². The molecule has 3 rings (SSSR count). The first-order chi connectivity index (χ1) is 12.2. The van der Waals surface area contributed by atoms with E-state index < -0.39 is 6.10 Å². The van der Waals surface area contributed by atoms with Gasteiger partial charge in [0.2, 0.25) is 0 Å². The molecule has 0 spiro atoms. The molecule has 0 heterocycles. The Labute approximate surface area is 147 Å². The summed E-state index contributed by atoms with van der Waals surface area (Å²) in [6.45, 7) is 0.689. The molecular formula is C21H23NO3. The summed E-state index contributed by atoms with van der Waals surface area (Å²) in [6.07, 6.45) is 0.0834. The van der Waals surface area contributed by atoms with Crippen molar-refractivity contribution in [2.24, 2.45) is 5.73 Å². The Kier molecular flexibility index (Phi) is 5.53. The SMILES string of the molecule is COc1ccc(C(O)CN)cc1OCCc1cccc2ccccc12. The number of fused-ring (bicyclic) bond motifs is 1. The molecule has 0 saturated carbocycles. The second-order valence-electron chi connectivity index (χ2n) is 5.90. The summed E-state index contributed by atoms with van der Waals surface area (Å²) in [6, 6.07) is 20.0. The van der Waals surface area contributed by atoms with Crippen LogP contribution in [0.15, 0.2) is 60.7 Å². The lowest BCUT2D eigenvalue weighted by atomic mass is 10.0. The number of rotatable bonds is 7. The van der Waals surface area contributed by atoms with E-state index in [4.69, 9.17) is 15.2 Å². The second-order valence-corrected chi connectivity index (χ2v) is 5.90. The molecule has 4 nitrogen and oxygen atoms in total. The van der Waals surface area contributed by atoms with Gasteiger partial charge in [0.15, 0.2) is 11.5 Å². The molecule has 3 aromatic carbocycles. The Balaban J connectivity index is 1.74. The number of benzene rings is 3. The van der Waals surface area contributed by atoms with Crippen molar-refractivity contribution in [3.8, 4) is 11.5 Å². The molecule has 130 valence electrons. The van der Waals surface area contributed by atoms with Crippen LogP contribution in [0.2, 0.25) is 0 Å². The van der Waals surface area contributed by atoms with Crippen molar-refractivity contribution >= 4 is 10.8 Å². The number of hydrogen-bond donors (Lipinski definition) is 2. The highest BCUT2D eigenvalue weighted by Gasteiger charge is 2.11. The van der Waals surface area contributed by atoms with Gasteiger partial charge in [0, 0.05) is 13.0 Å². The van der Waals surface area contributed by atoms with Crippen molar-refractivity contribution in [3.63, 3.8) is 0 Å². The van der Waals surface area contributed by atoms with Crippen LogP contribution < -0.4 is 15.2 Å². The average Bonchev–Trinajstić information content (AvgIpc) is 2.67. The van der Waals surface area contributed by atoms with Crippen molar-refractivity contribution < 1.29 is 14.6 Å². The molecule has 25 heavy (non-hydrogen) atoms. The maximum atomic E-state index is 9.92. The molecule has 3 N–H and O–H groups in total. The van der Waals surface area contributed by atoms with Gasteiger partial charge in [0.05, 0.1) is 19.8 Å². The number of hydrogen-bond acceptors (Lipinski definition) is 4. The van der Waals surface area contributed by atoms with E-state index in [1.807, 2.05) is 12.1 Å². The smallest absolute Gasteiger partial charge is 0.161 e. The van der Waals surface area contributed by atoms with Crippen molar-refractivity contribution in [1.29, 1.82) is 0 Å². The number of nitrogens with two attached hydrogens (primary N) is 1. The fourth-order valence-electron chi connectivity index (χ4n) is 2.93. The Morgan fingerprint density at radius 2 is 1.80 bits per heavy atom. The van der Waals surface area contributed by atoms with Crippen molar-refractivity contribution in [1.82, 2.24) is 0 Å². The van der Waals surface area contributed by atoms with E-state index in [1.54, 1.807) is 25.3 Å². The van der Waals surface area contributed by atoms with Crippen molar-refractivity contribution in [3.05, 3.63) is 71.8 Å². The maximum Gasteiger partial charge on any atom is 0.161 e. The van der Waals surface area contributed by atoms with Gasteiger partial charge < -0.3 is 20.3 Å². The minimum Gasteiger partial charge on any atom is -0.493 e. The highest BCUT2D eigenvalue weighted by molar-refractivity contribution is 5.85. The number of aliphatic hydroxyl groups is 1. The van der Waals surface area contributed by atoms with E-state index in [1.165, 1.54) is 16.3 Å². The van der Waals surface area contributed by atoms with Crippen LogP contribution in [0.4, 0.5) is 0 Å². The molecule has 0 amide bonds. The highest BCUT2D eigenvalue weighted by Crippen LogP contribution is 2.30. The molecule has 0 aromatic heterocycles. The first-order valence-electron chi connectivity index (χ1n) is 8.38. The van der Waals surface area contributed by atoms with E-state index >= 15 is 0 Å². The quantitative estimate of drug-likeness (QED) is 0.693. The van der Waals surface area contributed by atoms with Gasteiger partial charge in [-0.1, -0.05) is 48.5 Å². The van der Waals surface area contributed by atoms with E-state index in [2.05, 4.69) is 30.3 Å². The third-order valence-electron chi connectivity index (χ3n) is 4.30. The normalized spacial score (nSPS) is 12.1. The summed E-state index contributed by atoms with van der Waals surface area (Å²) in [7, 11) is 1.60. The van der Waals surface area contributed by atoms with E-state index in [-0.39, 0.29) is 6.54 Å². The number of aliphatic hydroxyl groups excluding tert-OH is 1. The Hall–Kier alpha value is -2.56. The minimum absolute atomic E-state index is 0.168. The van der Waals surface area contributed by atoms with Gasteiger partial charge >= 0.3 is 0 Å². The van der Waals surface area contributed by atoms with Gasteiger partial charge in [-0.15, -0.1) is 0 Å². The van der Waals surface area contributed by atoms with Crippen LogP contribution in [0.5, 0.6) is 11.5 Å². The molecule has 0 aliphatic heterocycles. The van der Waals surface area contributed by atoms with Crippen LogP contribution in [0.1, 0.15) is 17.2 Å². The largest absolute Gasteiger partial charge is 0.493 e. The van der Waals surface area contributed by atoms with Crippen LogP contribution in [0, 0.1) is 0 Å². The standard InChI is InChI=1S/C21H23NO3/c1-24-20-10-9-17(19(23)14-22)13-21(20)25-12-11-16-7-4-6-15-5-2-3-8-18(15)16/h2-10,13,19,23H,11-12,14,22H2,1H3. The van der Waals surface area contributed by atoms with Crippen LogP contribution in [0.25, 0.3) is 10.8 Å². The van der Waals surface area contributed by atoms with Crippen molar-refractivity contribution in [2.45, 2.75) is 12.5 Å². The average molecular weight is 337 g/mol. The molecule has 0 saturated heterocycles. The molecule has 0 aliphatic rings. The van der Waals surface area contributed by atoms with Gasteiger partial charge in [-0.3, -0.25) is 0 Å². The first kappa shape index (κ1) is 17.3. The van der Waals surface area contributed by atoms with Crippen LogP contribution in [-0.2, 0) is 6.42 Å². The van der Waals surface area contributed by atoms with Crippen LogP contribution >= 0.6 is 0 Å². The number of methoxy groups -OCH3 is 1. The zero-order chi connectivity index (χ0) is 17.6. The third-order valence-corrected chi connectivity index (χ3v) is 4.30. The number of ether oxygens (including phenoxy) is 2. The summed E-state index contributed by atoms with van der Waals surface area (Å²) >= 11 is 0. The lowest BCUT2D eigenvalue weighted by Gasteiger charge is -2.15. The van der Waals surface area contributed by atoms with E-state index in [0.717, 1.165) is 12.0 Å². The van der Waals surface area contributed by atoms with Crippen molar-refractivity contribution in [2.75, 3.05) is 20.3 Å². The summed E-state index contributed by atoms with van der Waals surface area (Å²) in [4.78, 5) is 0. The third kappa shape index (κ3) is 3.92. The molecule has 0 bridgehead atoms. The van der Waals surface area contributed by atoms with E-state index in [0.29, 0.717) is 18.1 Å². The lowest BCUT2D eigenvalue weighted by molar-refractivity contribution is 0.185. The molecule has 1 atom stereocenters. The Bertz CT molecular complexity index is 842. The van der Waals surface area contributed by atoms with Gasteiger partial charge in [0.25, 0.3) is 0 Å². The van der Waals surface area contributed by atoms with Gasteiger partial charge in [-0.25, -0.2) is 0 Å². The van der Waals surface area contributed by atoms with Crippen LogP contribution in [0.3, 0.4) is 0 Å². The summed E-state index contributed by atoms with van der Waals surface area (Å²) in [5, 5.41) is 12.4. The van der Waals surface area contributed by atoms with Gasteiger partial charge in [0.1, 0.15) is 0 Å². The van der Waals surface area contributed by atoms with Gasteiger partial charge in [-0.2, -0.15) is 0 Å². The second kappa shape index (κ2) is 8.01. The molecule has 4 heteroatoms. The van der Waals surface area contributed by atoms with Gasteiger partial charge in [-0.05, 0) is 34.0 Å². The predicted molar refractivity (Wildman–Crippen MR) is 100 cm³/mol. The molecule has 0 fully saturated rings. The zero-order valence-corrected chi connectivity index (χ0v) is 14.3. The molecule has 0 aliphatic carbocycles. The molecule has 1 unspecified atom stereocenters. The highest BCUT2D eigenvalue weighted by atomic mass is 16.5. The fraction of sp³-hybridized carbons (Fsp3) is 0.238. The summed E-state index contributed by atoms with van der Waals surface area (Å²) in [5.41, 5.74) is 7.50. The summed E-state index contributed by atoms with van der Waals surface area (Å²) in [5.74, 6) is 1.26. The minimum atomic E-state index is -0.702. The summed E-state index contributed by atoms with van der Waals surface area (Å²) < 4.78 is 11.3. The molecule has 0 radical (unpaired) electrons. The monoisotopic (exact) mass is 337 g/mol. The molecule has 3 aromatic rings.